The maximum absolute atomic E-state index is 12.0. The van der Waals surface area contributed by atoms with E-state index in [-0.39, 0.29) is 17.9 Å². The quantitative estimate of drug-likeness (QED) is 0.814. The summed E-state index contributed by atoms with van der Waals surface area (Å²) < 4.78 is 0. The molecule has 0 aliphatic rings. The van der Waals surface area contributed by atoms with Crippen molar-refractivity contribution < 1.29 is 9.90 Å². The van der Waals surface area contributed by atoms with E-state index in [1.54, 1.807) is 18.2 Å². The van der Waals surface area contributed by atoms with Gasteiger partial charge in [0.1, 0.15) is 6.61 Å². The lowest BCUT2D eigenvalue weighted by Gasteiger charge is -2.22. The minimum absolute atomic E-state index is 0.0887. The SMILES string of the molecule is CCC(C)(C)CNC(=O)c1cccc(C#CCO)c1. The van der Waals surface area contributed by atoms with Crippen LogP contribution in [-0.4, -0.2) is 24.2 Å². The first-order valence-electron chi connectivity index (χ1n) is 6.46. The van der Waals surface area contributed by atoms with Crippen molar-refractivity contribution in [3.63, 3.8) is 0 Å². The molecule has 0 bridgehead atoms. The second kappa shape index (κ2) is 6.96. The predicted octanol–water partition coefficient (Wildman–Crippen LogP) is 2.20. The van der Waals surface area contributed by atoms with E-state index < -0.39 is 0 Å². The van der Waals surface area contributed by atoms with Crippen LogP contribution in [0.15, 0.2) is 24.3 Å². The van der Waals surface area contributed by atoms with Gasteiger partial charge in [-0.15, -0.1) is 0 Å². The molecule has 1 amide bonds. The zero-order valence-corrected chi connectivity index (χ0v) is 11.8. The number of hydrogen-bond acceptors (Lipinski definition) is 2. The Morgan fingerprint density at radius 2 is 2.16 bits per heavy atom. The number of carbonyl (C=O) groups is 1. The van der Waals surface area contributed by atoms with Gasteiger partial charge >= 0.3 is 0 Å². The highest BCUT2D eigenvalue weighted by atomic mass is 16.2. The zero-order valence-electron chi connectivity index (χ0n) is 11.8. The molecule has 0 aliphatic carbocycles. The Hall–Kier alpha value is -1.79. The number of nitrogens with one attached hydrogen (secondary N) is 1. The van der Waals surface area contributed by atoms with Crippen LogP contribution in [0.25, 0.3) is 0 Å². The third-order valence-electron chi connectivity index (χ3n) is 3.12. The van der Waals surface area contributed by atoms with Crippen molar-refractivity contribution >= 4 is 5.91 Å². The third kappa shape index (κ3) is 5.15. The molecule has 19 heavy (non-hydrogen) atoms. The molecule has 0 aromatic heterocycles. The van der Waals surface area contributed by atoms with Crippen LogP contribution >= 0.6 is 0 Å². The molecule has 1 aromatic carbocycles. The van der Waals surface area contributed by atoms with Crippen molar-refractivity contribution in [2.75, 3.05) is 13.2 Å². The molecular weight excluding hydrogens is 238 g/mol. The summed E-state index contributed by atoms with van der Waals surface area (Å²) in [4.78, 5) is 12.0. The monoisotopic (exact) mass is 259 g/mol. The summed E-state index contributed by atoms with van der Waals surface area (Å²) in [7, 11) is 0. The van der Waals surface area contributed by atoms with E-state index in [0.29, 0.717) is 12.1 Å². The Morgan fingerprint density at radius 3 is 2.79 bits per heavy atom. The van der Waals surface area contributed by atoms with Gasteiger partial charge in [0, 0.05) is 17.7 Å². The first kappa shape index (κ1) is 15.3. The van der Waals surface area contributed by atoms with E-state index in [1.165, 1.54) is 0 Å². The molecule has 3 nitrogen and oxygen atoms in total. The Balaban J connectivity index is 2.72. The number of amides is 1. The molecule has 0 heterocycles. The van der Waals surface area contributed by atoms with Crippen LogP contribution in [0.4, 0.5) is 0 Å². The smallest absolute Gasteiger partial charge is 0.251 e. The molecule has 1 aromatic rings. The van der Waals surface area contributed by atoms with Crippen LogP contribution in [0.2, 0.25) is 0 Å². The van der Waals surface area contributed by atoms with Crippen molar-refractivity contribution in [2.45, 2.75) is 27.2 Å². The predicted molar refractivity (Wildman–Crippen MR) is 76.8 cm³/mol. The van der Waals surface area contributed by atoms with Crippen molar-refractivity contribution in [3.8, 4) is 11.8 Å². The van der Waals surface area contributed by atoms with Gasteiger partial charge in [-0.3, -0.25) is 4.79 Å². The molecule has 0 spiro atoms. The second-order valence-corrected chi connectivity index (χ2v) is 5.24. The van der Waals surface area contributed by atoms with Crippen molar-refractivity contribution in [3.05, 3.63) is 35.4 Å². The fraction of sp³-hybridized carbons (Fsp3) is 0.438. The van der Waals surface area contributed by atoms with Crippen LogP contribution in [0.5, 0.6) is 0 Å². The van der Waals surface area contributed by atoms with E-state index in [2.05, 4.69) is 37.9 Å². The zero-order chi connectivity index (χ0) is 14.3. The number of benzene rings is 1. The highest BCUT2D eigenvalue weighted by molar-refractivity contribution is 5.94. The Morgan fingerprint density at radius 1 is 1.42 bits per heavy atom. The molecule has 0 fully saturated rings. The van der Waals surface area contributed by atoms with Crippen LogP contribution in [0.1, 0.15) is 43.1 Å². The second-order valence-electron chi connectivity index (χ2n) is 5.24. The largest absolute Gasteiger partial charge is 0.384 e. The lowest BCUT2D eigenvalue weighted by molar-refractivity contribution is 0.0935. The van der Waals surface area contributed by atoms with Crippen molar-refractivity contribution in [2.24, 2.45) is 5.41 Å². The van der Waals surface area contributed by atoms with E-state index in [1.807, 2.05) is 6.07 Å². The average molecular weight is 259 g/mol. The number of rotatable bonds is 4. The van der Waals surface area contributed by atoms with Gasteiger partial charge in [-0.25, -0.2) is 0 Å². The lowest BCUT2D eigenvalue weighted by atomic mass is 9.90. The number of carbonyl (C=O) groups excluding carboxylic acids is 1. The molecule has 0 unspecified atom stereocenters. The maximum atomic E-state index is 12.0. The molecule has 102 valence electrons. The molecule has 1 rings (SSSR count). The molecule has 0 aliphatic heterocycles. The Kier molecular flexibility index (Phi) is 5.59. The van der Waals surface area contributed by atoms with Crippen molar-refractivity contribution in [1.82, 2.24) is 5.32 Å². The summed E-state index contributed by atoms with van der Waals surface area (Å²) in [6, 6.07) is 7.10. The van der Waals surface area contributed by atoms with Crippen LogP contribution in [-0.2, 0) is 0 Å². The minimum atomic E-state index is -0.179. The van der Waals surface area contributed by atoms with Gasteiger partial charge in [0.05, 0.1) is 0 Å². The van der Waals surface area contributed by atoms with Gasteiger partial charge in [-0.2, -0.15) is 0 Å². The molecule has 3 heteroatoms. The average Bonchev–Trinajstić information content (AvgIpc) is 2.43. The summed E-state index contributed by atoms with van der Waals surface area (Å²) in [6.45, 7) is 6.82. The molecule has 0 radical (unpaired) electrons. The number of aliphatic hydroxyl groups is 1. The van der Waals surface area contributed by atoms with Crippen LogP contribution in [0.3, 0.4) is 0 Å². The van der Waals surface area contributed by atoms with Gasteiger partial charge < -0.3 is 10.4 Å². The van der Waals surface area contributed by atoms with Crippen molar-refractivity contribution in [1.29, 1.82) is 0 Å². The standard InChI is InChI=1S/C16H21NO2/c1-4-16(2,3)12-17-15(19)14-9-5-7-13(11-14)8-6-10-18/h5,7,9,11,18H,4,10,12H2,1-3H3,(H,17,19). The molecule has 2 N–H and O–H groups in total. The fourth-order valence-corrected chi connectivity index (χ4v) is 1.43. The van der Waals surface area contributed by atoms with Gasteiger partial charge in [-0.05, 0) is 30.0 Å². The highest BCUT2D eigenvalue weighted by Crippen LogP contribution is 2.18. The van der Waals surface area contributed by atoms with Gasteiger partial charge in [0.2, 0.25) is 0 Å². The highest BCUT2D eigenvalue weighted by Gasteiger charge is 2.16. The normalized spacial score (nSPS) is 10.5. The third-order valence-corrected chi connectivity index (χ3v) is 3.12. The number of aliphatic hydroxyl groups excluding tert-OH is 1. The van der Waals surface area contributed by atoms with E-state index in [9.17, 15) is 4.79 Å². The summed E-state index contributed by atoms with van der Waals surface area (Å²) in [5.74, 6) is 5.27. The maximum Gasteiger partial charge on any atom is 0.251 e. The Bertz CT molecular complexity index is 495. The number of hydrogen-bond donors (Lipinski definition) is 2. The Labute approximate surface area is 115 Å². The van der Waals surface area contributed by atoms with Gasteiger partial charge in [0.25, 0.3) is 5.91 Å². The first-order valence-corrected chi connectivity index (χ1v) is 6.46. The van der Waals surface area contributed by atoms with E-state index in [0.717, 1.165) is 12.0 Å². The van der Waals surface area contributed by atoms with Gasteiger partial charge in [-0.1, -0.05) is 38.7 Å². The van der Waals surface area contributed by atoms with Gasteiger partial charge in [0.15, 0.2) is 0 Å². The summed E-state index contributed by atoms with van der Waals surface area (Å²) >= 11 is 0. The fourth-order valence-electron chi connectivity index (χ4n) is 1.43. The molecule has 0 saturated carbocycles. The van der Waals surface area contributed by atoms with Crippen LogP contribution in [0, 0.1) is 17.3 Å². The van der Waals surface area contributed by atoms with Crippen LogP contribution < -0.4 is 5.32 Å². The van der Waals surface area contributed by atoms with E-state index >= 15 is 0 Å². The molecular formula is C16H21NO2. The summed E-state index contributed by atoms with van der Waals surface area (Å²) in [5, 5.41) is 11.6. The minimum Gasteiger partial charge on any atom is -0.384 e. The molecule has 0 saturated heterocycles. The first-order chi connectivity index (χ1) is 8.98. The summed E-state index contributed by atoms with van der Waals surface area (Å²) in [6.07, 6.45) is 1.01. The summed E-state index contributed by atoms with van der Waals surface area (Å²) in [5.41, 5.74) is 1.43. The lowest BCUT2D eigenvalue weighted by Crippen LogP contribution is -2.33. The van der Waals surface area contributed by atoms with E-state index in [4.69, 9.17) is 5.11 Å². The molecule has 0 atom stereocenters. The topological polar surface area (TPSA) is 49.3 Å².